The lowest BCUT2D eigenvalue weighted by Crippen LogP contribution is -2.24. The second-order valence-electron chi connectivity index (χ2n) is 6.72. The Hall–Kier alpha value is -2.63. The number of aryl methyl sites for hydroxylation is 1. The van der Waals surface area contributed by atoms with Gasteiger partial charge in [0.25, 0.3) is 5.56 Å². The van der Waals surface area contributed by atoms with Crippen molar-refractivity contribution >= 4 is 17.0 Å². The molecule has 6 nitrogen and oxygen atoms in total. The number of hydrogen-bond donors (Lipinski definition) is 2. The van der Waals surface area contributed by atoms with Crippen molar-refractivity contribution in [3.05, 3.63) is 51.9 Å². The SMILES string of the molecule is Cc1ccc(CNc2nc3c(cnn3C(C)(C)C)c(=O)[nH]2)cc1. The minimum atomic E-state index is -0.239. The molecule has 0 atom stereocenters. The molecule has 0 aliphatic rings. The molecule has 23 heavy (non-hydrogen) atoms. The second kappa shape index (κ2) is 5.53. The van der Waals surface area contributed by atoms with E-state index in [9.17, 15) is 4.79 Å². The van der Waals surface area contributed by atoms with Crippen molar-refractivity contribution in [2.45, 2.75) is 39.8 Å². The van der Waals surface area contributed by atoms with E-state index in [1.165, 1.54) is 5.56 Å². The molecule has 3 rings (SSSR count). The van der Waals surface area contributed by atoms with Gasteiger partial charge in [0.15, 0.2) is 5.65 Å². The normalized spacial score (nSPS) is 11.8. The van der Waals surface area contributed by atoms with Gasteiger partial charge in [0, 0.05) is 6.54 Å². The van der Waals surface area contributed by atoms with Crippen molar-refractivity contribution in [3.63, 3.8) is 0 Å². The van der Waals surface area contributed by atoms with E-state index in [2.05, 4.69) is 51.6 Å². The lowest BCUT2D eigenvalue weighted by Gasteiger charge is -2.19. The van der Waals surface area contributed by atoms with Crippen LogP contribution in [0.3, 0.4) is 0 Å². The van der Waals surface area contributed by atoms with Crippen LogP contribution < -0.4 is 10.9 Å². The van der Waals surface area contributed by atoms with E-state index in [4.69, 9.17) is 0 Å². The van der Waals surface area contributed by atoms with E-state index >= 15 is 0 Å². The summed E-state index contributed by atoms with van der Waals surface area (Å²) in [5.74, 6) is 0.453. The molecule has 2 aromatic heterocycles. The maximum Gasteiger partial charge on any atom is 0.263 e. The van der Waals surface area contributed by atoms with Crippen molar-refractivity contribution in [1.82, 2.24) is 19.7 Å². The van der Waals surface area contributed by atoms with Gasteiger partial charge in [-0.15, -0.1) is 0 Å². The van der Waals surface area contributed by atoms with Crippen molar-refractivity contribution < 1.29 is 0 Å². The summed E-state index contributed by atoms with van der Waals surface area (Å²) in [6.45, 7) is 8.74. The van der Waals surface area contributed by atoms with Crippen molar-refractivity contribution in [3.8, 4) is 0 Å². The van der Waals surface area contributed by atoms with E-state index in [0.29, 0.717) is 23.5 Å². The van der Waals surface area contributed by atoms with Crippen LogP contribution in [0.4, 0.5) is 5.95 Å². The standard InChI is InChI=1S/C17H21N5O/c1-11-5-7-12(8-6-11)9-18-16-20-14-13(15(23)21-16)10-19-22(14)17(2,3)4/h5-8,10H,9H2,1-4H3,(H2,18,20,21,23). The van der Waals surface area contributed by atoms with Gasteiger partial charge in [-0.25, -0.2) is 4.68 Å². The topological polar surface area (TPSA) is 75.6 Å². The first kappa shape index (κ1) is 15.3. The molecule has 0 radical (unpaired) electrons. The van der Waals surface area contributed by atoms with Crippen LogP contribution in [0.2, 0.25) is 0 Å². The fourth-order valence-electron chi connectivity index (χ4n) is 2.38. The Bertz CT molecular complexity index is 884. The number of aromatic nitrogens is 4. The molecule has 0 bridgehead atoms. The van der Waals surface area contributed by atoms with E-state index in [1.54, 1.807) is 10.9 Å². The summed E-state index contributed by atoms with van der Waals surface area (Å²) in [4.78, 5) is 19.5. The number of anilines is 1. The van der Waals surface area contributed by atoms with Gasteiger partial charge in [0.2, 0.25) is 5.95 Å². The highest BCUT2D eigenvalue weighted by Crippen LogP contribution is 2.18. The highest BCUT2D eigenvalue weighted by atomic mass is 16.1. The molecular formula is C17H21N5O. The van der Waals surface area contributed by atoms with Crippen LogP contribution in [-0.2, 0) is 12.1 Å². The molecule has 0 spiro atoms. The number of benzene rings is 1. The van der Waals surface area contributed by atoms with Gasteiger partial charge >= 0.3 is 0 Å². The zero-order chi connectivity index (χ0) is 16.6. The Morgan fingerprint density at radius 2 is 1.91 bits per heavy atom. The minimum absolute atomic E-state index is 0.183. The maximum atomic E-state index is 12.2. The first-order valence-electron chi connectivity index (χ1n) is 7.62. The summed E-state index contributed by atoms with van der Waals surface area (Å²) >= 11 is 0. The van der Waals surface area contributed by atoms with Gasteiger partial charge in [-0.2, -0.15) is 10.1 Å². The lowest BCUT2D eigenvalue weighted by atomic mass is 10.1. The van der Waals surface area contributed by atoms with Crippen LogP contribution >= 0.6 is 0 Å². The van der Waals surface area contributed by atoms with Crippen LogP contribution in [0.15, 0.2) is 35.3 Å². The van der Waals surface area contributed by atoms with Gasteiger partial charge in [-0.05, 0) is 33.3 Å². The smallest absolute Gasteiger partial charge is 0.263 e. The van der Waals surface area contributed by atoms with Gasteiger partial charge < -0.3 is 5.32 Å². The molecule has 0 amide bonds. The third kappa shape index (κ3) is 3.11. The quantitative estimate of drug-likeness (QED) is 0.780. The van der Waals surface area contributed by atoms with Crippen molar-refractivity contribution in [1.29, 1.82) is 0 Å². The number of aromatic amines is 1. The van der Waals surface area contributed by atoms with Crippen LogP contribution in [0.25, 0.3) is 11.0 Å². The fourth-order valence-corrected chi connectivity index (χ4v) is 2.38. The van der Waals surface area contributed by atoms with Crippen LogP contribution in [0.5, 0.6) is 0 Å². The molecule has 0 unspecified atom stereocenters. The molecule has 0 fully saturated rings. The Kier molecular flexibility index (Phi) is 3.67. The van der Waals surface area contributed by atoms with Gasteiger partial charge in [0.05, 0.1) is 11.7 Å². The average Bonchev–Trinajstić information content (AvgIpc) is 2.91. The largest absolute Gasteiger partial charge is 0.352 e. The third-order valence-corrected chi connectivity index (χ3v) is 3.65. The lowest BCUT2D eigenvalue weighted by molar-refractivity contribution is 0.366. The van der Waals surface area contributed by atoms with E-state index in [-0.39, 0.29) is 11.1 Å². The maximum absolute atomic E-state index is 12.2. The van der Waals surface area contributed by atoms with Crippen LogP contribution in [-0.4, -0.2) is 19.7 Å². The highest BCUT2D eigenvalue weighted by molar-refractivity contribution is 5.74. The predicted octanol–water partition coefficient (Wildman–Crippen LogP) is 2.80. The number of nitrogens with one attached hydrogen (secondary N) is 2. The molecule has 2 N–H and O–H groups in total. The summed E-state index contributed by atoms with van der Waals surface area (Å²) in [5.41, 5.74) is 2.51. The van der Waals surface area contributed by atoms with Gasteiger partial charge in [0.1, 0.15) is 5.39 Å². The minimum Gasteiger partial charge on any atom is -0.352 e. The molecular weight excluding hydrogens is 290 g/mol. The monoisotopic (exact) mass is 311 g/mol. The molecule has 0 aliphatic carbocycles. The summed E-state index contributed by atoms with van der Waals surface area (Å²) in [5, 5.41) is 7.98. The third-order valence-electron chi connectivity index (χ3n) is 3.65. The highest BCUT2D eigenvalue weighted by Gasteiger charge is 2.19. The Morgan fingerprint density at radius 3 is 2.57 bits per heavy atom. The molecule has 0 saturated heterocycles. The molecule has 120 valence electrons. The molecule has 6 heteroatoms. The Balaban J connectivity index is 1.92. The van der Waals surface area contributed by atoms with Crippen molar-refractivity contribution in [2.24, 2.45) is 0 Å². The zero-order valence-corrected chi connectivity index (χ0v) is 13.8. The fraction of sp³-hybridized carbons (Fsp3) is 0.353. The molecule has 3 aromatic rings. The predicted molar refractivity (Wildman–Crippen MR) is 91.7 cm³/mol. The van der Waals surface area contributed by atoms with Crippen LogP contribution in [0.1, 0.15) is 31.9 Å². The number of rotatable bonds is 3. The number of nitrogens with zero attached hydrogens (tertiary/aromatic N) is 3. The molecule has 1 aromatic carbocycles. The Labute approximate surface area is 134 Å². The summed E-state index contributed by atoms with van der Waals surface area (Å²) in [6, 6.07) is 8.23. The van der Waals surface area contributed by atoms with Crippen molar-refractivity contribution in [2.75, 3.05) is 5.32 Å². The van der Waals surface area contributed by atoms with Crippen LogP contribution in [0, 0.1) is 6.92 Å². The zero-order valence-electron chi connectivity index (χ0n) is 13.8. The second-order valence-corrected chi connectivity index (χ2v) is 6.72. The van der Waals surface area contributed by atoms with Gasteiger partial charge in [-0.3, -0.25) is 9.78 Å². The summed E-state index contributed by atoms with van der Waals surface area (Å²) < 4.78 is 1.77. The Morgan fingerprint density at radius 1 is 1.22 bits per heavy atom. The average molecular weight is 311 g/mol. The number of H-pyrrole nitrogens is 1. The van der Waals surface area contributed by atoms with E-state index in [0.717, 1.165) is 5.56 Å². The van der Waals surface area contributed by atoms with E-state index in [1.807, 2.05) is 20.8 Å². The molecule has 0 aliphatic heterocycles. The summed E-state index contributed by atoms with van der Waals surface area (Å²) in [6.07, 6.45) is 1.57. The first-order chi connectivity index (χ1) is 10.8. The van der Waals surface area contributed by atoms with Gasteiger partial charge in [-0.1, -0.05) is 29.8 Å². The summed E-state index contributed by atoms with van der Waals surface area (Å²) in [7, 11) is 0. The molecule has 0 saturated carbocycles. The van der Waals surface area contributed by atoms with E-state index < -0.39 is 0 Å². The first-order valence-corrected chi connectivity index (χ1v) is 7.62. The number of fused-ring (bicyclic) bond motifs is 1. The molecule has 2 heterocycles. The number of hydrogen-bond acceptors (Lipinski definition) is 4.